The maximum atomic E-state index is 10.1. The molecule has 0 spiro atoms. The van der Waals surface area contributed by atoms with Crippen molar-refractivity contribution in [1.82, 2.24) is 14.2 Å². The van der Waals surface area contributed by atoms with Crippen LogP contribution in [-0.2, 0) is 53.3 Å². The molecular formula is C22H46N5O6PY-2. The van der Waals surface area contributed by atoms with Gasteiger partial charge in [-0.3, -0.25) is 4.98 Å². The van der Waals surface area contributed by atoms with E-state index in [4.69, 9.17) is 29.9 Å². The van der Waals surface area contributed by atoms with Gasteiger partial charge in [-0.2, -0.15) is 0 Å². The van der Waals surface area contributed by atoms with Crippen molar-refractivity contribution in [2.45, 2.75) is 71.2 Å². The van der Waals surface area contributed by atoms with Crippen LogP contribution in [0.5, 0.6) is 0 Å². The van der Waals surface area contributed by atoms with E-state index in [1.165, 1.54) is 25.7 Å². The van der Waals surface area contributed by atoms with Gasteiger partial charge in [-0.25, -0.2) is 4.67 Å². The summed E-state index contributed by atoms with van der Waals surface area (Å²) in [6, 6.07) is 0. The van der Waals surface area contributed by atoms with E-state index in [2.05, 4.69) is 24.1 Å². The largest absolute Gasteiger partial charge is 0.672 e. The van der Waals surface area contributed by atoms with Gasteiger partial charge in [0.2, 0.25) is 0 Å². The Morgan fingerprint density at radius 1 is 1.14 bits per heavy atom. The first-order chi connectivity index (χ1) is 16.6. The zero-order valence-electron chi connectivity index (χ0n) is 22.1. The molecule has 0 aromatic carbocycles. The second kappa shape index (κ2) is 24.6. The molecule has 1 aromatic rings. The third-order valence-electron chi connectivity index (χ3n) is 5.18. The van der Waals surface area contributed by atoms with Gasteiger partial charge < -0.3 is 44.7 Å². The van der Waals surface area contributed by atoms with Crippen molar-refractivity contribution in [2.24, 2.45) is 0 Å². The van der Waals surface area contributed by atoms with Crippen LogP contribution < -0.4 is 0 Å². The van der Waals surface area contributed by atoms with Crippen molar-refractivity contribution in [1.29, 1.82) is 0 Å². The van der Waals surface area contributed by atoms with Crippen molar-refractivity contribution in [2.75, 3.05) is 54.2 Å². The average Bonchev–Trinajstić information content (AvgIpc) is 3.55. The molecule has 3 rings (SSSR count). The molecule has 2 aliphatic heterocycles. The van der Waals surface area contributed by atoms with Crippen LogP contribution in [0.15, 0.2) is 6.33 Å². The molecule has 0 bridgehead atoms. The van der Waals surface area contributed by atoms with E-state index >= 15 is 0 Å². The first-order valence-electron chi connectivity index (χ1n) is 11.9. The summed E-state index contributed by atoms with van der Waals surface area (Å²) in [6.45, 7) is 7.60. The predicted octanol–water partition coefficient (Wildman–Crippen LogP) is 4.12. The van der Waals surface area contributed by atoms with Crippen LogP contribution in [0.4, 0.5) is 5.82 Å². The Morgan fingerprint density at radius 2 is 1.74 bits per heavy atom. The number of hydrogen-bond acceptors (Lipinski definition) is 8. The Bertz CT molecular complexity index is 595. The molecule has 0 amide bonds. The van der Waals surface area contributed by atoms with Crippen LogP contribution in [0.3, 0.4) is 0 Å². The number of morpholine rings is 1. The number of ether oxygens (including phenoxy) is 2. The van der Waals surface area contributed by atoms with Gasteiger partial charge in [0.25, 0.3) is 8.53 Å². The number of aliphatic hydroxyl groups is 2. The zero-order chi connectivity index (χ0) is 25.8. The molecule has 11 nitrogen and oxygen atoms in total. The van der Waals surface area contributed by atoms with Gasteiger partial charge in [0.05, 0.1) is 32.2 Å². The number of aliphatic hydroxyl groups excluding tert-OH is 2. The van der Waals surface area contributed by atoms with Crippen LogP contribution in [0.25, 0.3) is 11.1 Å². The quantitative estimate of drug-likeness (QED) is 0.270. The van der Waals surface area contributed by atoms with Gasteiger partial charge in [-0.1, -0.05) is 46.6 Å². The van der Waals surface area contributed by atoms with E-state index in [1.807, 2.05) is 9.24 Å². The molecule has 1 aromatic heterocycles. The third kappa shape index (κ3) is 14.1. The van der Waals surface area contributed by atoms with E-state index in [0.29, 0.717) is 44.4 Å². The van der Waals surface area contributed by atoms with Crippen LogP contribution in [0, 0.1) is 0 Å². The van der Waals surface area contributed by atoms with E-state index in [-0.39, 0.29) is 51.6 Å². The van der Waals surface area contributed by atoms with Gasteiger partial charge in [0.1, 0.15) is 0 Å². The fourth-order valence-corrected chi connectivity index (χ4v) is 4.41. The SMILES string of the molecule is CCCCCC.CO.CO.C[N-]c1c(C[NH-])ncn1C1CCC(COP(O)N2CCOCC2)O1.[Y]. The topological polar surface area (TPSA) is 147 Å². The summed E-state index contributed by atoms with van der Waals surface area (Å²) in [7, 11) is 2.12. The minimum absolute atomic E-state index is 0. The molecule has 4 N–H and O–H groups in total. The first-order valence-corrected chi connectivity index (χ1v) is 13.1. The summed E-state index contributed by atoms with van der Waals surface area (Å²) >= 11 is 0. The maximum absolute atomic E-state index is 10.1. The number of aromatic nitrogens is 2. The molecule has 13 heteroatoms. The molecule has 3 unspecified atom stereocenters. The monoisotopic (exact) mass is 596 g/mol. The fraction of sp³-hybridized carbons (Fsp3) is 0.864. The smallest absolute Gasteiger partial charge is 0.256 e. The Labute approximate surface area is 237 Å². The summed E-state index contributed by atoms with van der Waals surface area (Å²) in [5.74, 6) is 0.703. The van der Waals surface area contributed by atoms with Crippen LogP contribution >= 0.6 is 8.53 Å². The number of rotatable bonds is 10. The second-order valence-electron chi connectivity index (χ2n) is 7.43. The maximum Gasteiger partial charge on any atom is 0.256 e. The van der Waals surface area contributed by atoms with Crippen molar-refractivity contribution in [3.05, 3.63) is 23.1 Å². The van der Waals surface area contributed by atoms with Crippen LogP contribution in [-0.4, -0.2) is 89.6 Å². The van der Waals surface area contributed by atoms with E-state index in [0.717, 1.165) is 27.1 Å². The van der Waals surface area contributed by atoms with Crippen molar-refractivity contribution in [3.63, 3.8) is 0 Å². The molecule has 1 radical (unpaired) electrons. The second-order valence-corrected chi connectivity index (χ2v) is 8.76. The number of imidazole rings is 1. The minimum atomic E-state index is -1.58. The summed E-state index contributed by atoms with van der Waals surface area (Å²) < 4.78 is 20.7. The fourth-order valence-electron chi connectivity index (χ4n) is 3.44. The van der Waals surface area contributed by atoms with Gasteiger partial charge in [-0.15, -0.1) is 6.54 Å². The van der Waals surface area contributed by atoms with Gasteiger partial charge in [0.15, 0.2) is 0 Å². The number of hydrogen-bond donors (Lipinski definition) is 3. The van der Waals surface area contributed by atoms with Crippen molar-refractivity contribution in [3.8, 4) is 0 Å². The molecular weight excluding hydrogens is 550 g/mol. The average molecular weight is 597 g/mol. The Kier molecular flexibility index (Phi) is 26.2. The summed E-state index contributed by atoms with van der Waals surface area (Å²) in [6.07, 6.45) is 8.72. The Hall–Kier alpha value is 0.224. The molecule has 3 heterocycles. The number of unbranched alkanes of at least 4 members (excludes halogenated alkanes) is 3. The van der Waals surface area contributed by atoms with E-state index in [9.17, 15) is 4.89 Å². The Morgan fingerprint density at radius 3 is 2.26 bits per heavy atom. The molecule has 0 aliphatic carbocycles. The minimum Gasteiger partial charge on any atom is -0.672 e. The summed E-state index contributed by atoms with van der Waals surface area (Å²) in [4.78, 5) is 14.4. The summed E-state index contributed by atoms with van der Waals surface area (Å²) in [5.41, 5.74) is 8.15. The third-order valence-corrected chi connectivity index (χ3v) is 6.44. The molecule has 205 valence electrons. The zero-order valence-corrected chi connectivity index (χ0v) is 25.8. The predicted molar refractivity (Wildman–Crippen MR) is 136 cm³/mol. The Balaban J connectivity index is 0. The molecule has 3 atom stereocenters. The normalized spacial score (nSPS) is 20.1. The molecule has 35 heavy (non-hydrogen) atoms. The number of nitrogens with zero attached hydrogens (tertiary/aromatic N) is 4. The van der Waals surface area contributed by atoms with Crippen molar-refractivity contribution < 1.29 is 61.8 Å². The standard InChI is InChI=1S/C14H24N5O4P.C6H14.2CH4O.Y/c1-16-14-12(8-15)17-10-19(14)13-3-2-11(23-13)9-22-24(20)18-4-6-21-7-5-18;1-3-5-6-4-2;2*1-2;/h10-11,13,15,20H,2-9H2,1H3;3-6H2,1-2H3;2*2H,1H3;/q-2;;;;. The summed E-state index contributed by atoms with van der Waals surface area (Å²) in [5, 5.41) is 18.2. The van der Waals surface area contributed by atoms with Gasteiger partial charge >= 0.3 is 0 Å². The van der Waals surface area contributed by atoms with Gasteiger partial charge in [0, 0.05) is 72.0 Å². The van der Waals surface area contributed by atoms with Crippen molar-refractivity contribution >= 4 is 14.3 Å². The van der Waals surface area contributed by atoms with Gasteiger partial charge in [-0.05, 0) is 18.7 Å². The molecule has 0 saturated carbocycles. The van der Waals surface area contributed by atoms with E-state index in [1.54, 1.807) is 13.4 Å². The van der Waals surface area contributed by atoms with Crippen LogP contribution in [0.1, 0.15) is 64.3 Å². The molecule has 2 saturated heterocycles. The van der Waals surface area contributed by atoms with E-state index < -0.39 is 8.53 Å². The molecule has 2 fully saturated rings. The molecule has 2 aliphatic rings. The number of nitrogens with one attached hydrogen (secondary N) is 1. The van der Waals surface area contributed by atoms with Crippen LogP contribution in [0.2, 0.25) is 0 Å². The first kappa shape index (κ1) is 37.4.